The van der Waals surface area contributed by atoms with Gasteiger partial charge < -0.3 is 5.73 Å². The van der Waals surface area contributed by atoms with Crippen LogP contribution in [0.15, 0.2) is 24.3 Å². The van der Waals surface area contributed by atoms with Crippen molar-refractivity contribution in [2.75, 3.05) is 5.73 Å². The van der Waals surface area contributed by atoms with Crippen molar-refractivity contribution in [2.45, 2.75) is 38.1 Å². The van der Waals surface area contributed by atoms with Crippen LogP contribution in [0.1, 0.15) is 32.6 Å². The van der Waals surface area contributed by atoms with Crippen molar-refractivity contribution in [1.29, 1.82) is 0 Å². The summed E-state index contributed by atoms with van der Waals surface area (Å²) >= 11 is 0. The lowest BCUT2D eigenvalue weighted by atomic mass is 10.0. The molecule has 2 N–H and O–H groups in total. The van der Waals surface area contributed by atoms with Crippen LogP contribution in [-0.2, 0) is 5.54 Å². The minimum atomic E-state index is 0.0451. The Morgan fingerprint density at radius 3 is 2.78 bits per heavy atom. The van der Waals surface area contributed by atoms with Gasteiger partial charge in [0.1, 0.15) is 0 Å². The first-order valence-electron chi connectivity index (χ1n) is 6.34. The third-order valence-corrected chi connectivity index (χ3v) is 3.81. The molecule has 5 heteroatoms. The Morgan fingerprint density at radius 2 is 2.06 bits per heavy atom. The first-order valence-corrected chi connectivity index (χ1v) is 6.34. The number of hydrogen-bond acceptors (Lipinski definition) is 4. The van der Waals surface area contributed by atoms with E-state index in [-0.39, 0.29) is 5.54 Å². The highest BCUT2D eigenvalue weighted by atomic mass is 15.6. The zero-order chi connectivity index (χ0) is 12.6. The van der Waals surface area contributed by atoms with Crippen molar-refractivity contribution >= 4 is 5.69 Å². The van der Waals surface area contributed by atoms with Crippen molar-refractivity contribution in [2.24, 2.45) is 0 Å². The summed E-state index contributed by atoms with van der Waals surface area (Å²) in [5.74, 6) is 0.812. The van der Waals surface area contributed by atoms with Gasteiger partial charge in [0.25, 0.3) is 0 Å². The van der Waals surface area contributed by atoms with E-state index in [2.05, 4.69) is 22.4 Å². The van der Waals surface area contributed by atoms with E-state index in [1.54, 1.807) is 0 Å². The molecule has 1 aromatic carbocycles. The van der Waals surface area contributed by atoms with Gasteiger partial charge in [-0.3, -0.25) is 0 Å². The number of nitrogens with zero attached hydrogens (tertiary/aromatic N) is 4. The molecule has 0 saturated heterocycles. The Bertz CT molecular complexity index is 554. The summed E-state index contributed by atoms with van der Waals surface area (Å²) in [6, 6.07) is 7.72. The lowest BCUT2D eigenvalue weighted by Gasteiger charge is -2.24. The van der Waals surface area contributed by atoms with Crippen LogP contribution in [-0.4, -0.2) is 20.2 Å². The van der Waals surface area contributed by atoms with E-state index in [9.17, 15) is 0 Å². The van der Waals surface area contributed by atoms with Crippen LogP contribution in [0.5, 0.6) is 0 Å². The first-order chi connectivity index (χ1) is 8.69. The van der Waals surface area contributed by atoms with Crippen LogP contribution in [0.2, 0.25) is 0 Å². The third-order valence-electron chi connectivity index (χ3n) is 3.81. The summed E-state index contributed by atoms with van der Waals surface area (Å²) in [4.78, 5) is 0. The summed E-state index contributed by atoms with van der Waals surface area (Å²) in [6.07, 6.45) is 4.75. The van der Waals surface area contributed by atoms with E-state index in [0.29, 0.717) is 0 Å². The first kappa shape index (κ1) is 11.2. The zero-order valence-corrected chi connectivity index (χ0v) is 10.5. The van der Waals surface area contributed by atoms with Crippen molar-refractivity contribution < 1.29 is 0 Å². The van der Waals surface area contributed by atoms with Gasteiger partial charge in [-0.2, -0.15) is 0 Å². The average molecular weight is 243 g/mol. The van der Waals surface area contributed by atoms with E-state index in [1.807, 2.05) is 28.9 Å². The van der Waals surface area contributed by atoms with Crippen LogP contribution < -0.4 is 5.73 Å². The summed E-state index contributed by atoms with van der Waals surface area (Å²) in [6.45, 7) is 2.23. The molecule has 0 unspecified atom stereocenters. The molecule has 0 radical (unpaired) electrons. The zero-order valence-electron chi connectivity index (χ0n) is 10.5. The fourth-order valence-corrected chi connectivity index (χ4v) is 2.76. The number of nitrogens with two attached hydrogens (primary N) is 1. The van der Waals surface area contributed by atoms with Crippen molar-refractivity contribution in [3.8, 4) is 11.4 Å². The molecule has 94 valence electrons. The summed E-state index contributed by atoms with van der Waals surface area (Å²) in [5.41, 5.74) is 7.58. The molecule has 1 saturated carbocycles. The molecule has 0 spiro atoms. The van der Waals surface area contributed by atoms with Crippen LogP contribution in [0.4, 0.5) is 5.69 Å². The van der Waals surface area contributed by atoms with Gasteiger partial charge in [0, 0.05) is 11.3 Å². The Hall–Kier alpha value is -1.91. The number of benzene rings is 1. The van der Waals surface area contributed by atoms with E-state index >= 15 is 0 Å². The molecule has 0 atom stereocenters. The largest absolute Gasteiger partial charge is 0.399 e. The molecule has 1 aliphatic carbocycles. The predicted molar refractivity (Wildman–Crippen MR) is 69.8 cm³/mol. The molecule has 1 fully saturated rings. The molecule has 1 heterocycles. The van der Waals surface area contributed by atoms with Crippen LogP contribution in [0, 0.1) is 0 Å². The number of tetrazole rings is 1. The number of hydrogen-bond donors (Lipinski definition) is 1. The normalized spacial score (nSPS) is 18.1. The highest BCUT2D eigenvalue weighted by Gasteiger charge is 2.34. The molecule has 3 rings (SSSR count). The van der Waals surface area contributed by atoms with Gasteiger partial charge in [0.15, 0.2) is 5.82 Å². The standard InChI is InChI=1S/C13H17N5/c1-13(7-2-3-8-13)18-12(15-16-17-18)10-5-4-6-11(14)9-10/h4-6,9H,2-3,7-8,14H2,1H3. The lowest BCUT2D eigenvalue weighted by molar-refractivity contribution is 0.293. The summed E-state index contributed by atoms with van der Waals surface area (Å²) in [7, 11) is 0. The molecule has 1 aliphatic rings. The molecule has 0 bridgehead atoms. The minimum absolute atomic E-state index is 0.0451. The second kappa shape index (κ2) is 4.08. The van der Waals surface area contributed by atoms with E-state index in [4.69, 9.17) is 5.73 Å². The van der Waals surface area contributed by atoms with Gasteiger partial charge in [-0.1, -0.05) is 25.0 Å². The summed E-state index contributed by atoms with van der Waals surface area (Å²) < 4.78 is 1.97. The molecule has 0 aliphatic heterocycles. The fourth-order valence-electron chi connectivity index (χ4n) is 2.76. The van der Waals surface area contributed by atoms with E-state index in [0.717, 1.165) is 29.9 Å². The van der Waals surface area contributed by atoms with E-state index < -0.39 is 0 Å². The summed E-state index contributed by atoms with van der Waals surface area (Å²) in [5, 5.41) is 12.2. The Balaban J connectivity index is 2.06. The highest BCUT2D eigenvalue weighted by Crippen LogP contribution is 2.37. The van der Waals surface area contributed by atoms with Crippen LogP contribution in [0.3, 0.4) is 0 Å². The maximum absolute atomic E-state index is 5.82. The van der Waals surface area contributed by atoms with Crippen LogP contribution in [0.25, 0.3) is 11.4 Å². The highest BCUT2D eigenvalue weighted by molar-refractivity contribution is 5.60. The molecule has 0 amide bonds. The second-order valence-electron chi connectivity index (χ2n) is 5.24. The molecule has 1 aromatic heterocycles. The predicted octanol–water partition coefficient (Wildman–Crippen LogP) is 2.21. The molecular weight excluding hydrogens is 226 g/mol. The van der Waals surface area contributed by atoms with E-state index in [1.165, 1.54) is 12.8 Å². The quantitative estimate of drug-likeness (QED) is 0.821. The van der Waals surface area contributed by atoms with Gasteiger partial charge >= 0.3 is 0 Å². The monoisotopic (exact) mass is 243 g/mol. The smallest absolute Gasteiger partial charge is 0.182 e. The topological polar surface area (TPSA) is 69.6 Å². The number of rotatable bonds is 2. The number of nitrogen functional groups attached to an aromatic ring is 1. The van der Waals surface area contributed by atoms with Gasteiger partial charge in [-0.25, -0.2) is 4.68 Å². The van der Waals surface area contributed by atoms with Crippen molar-refractivity contribution in [3.05, 3.63) is 24.3 Å². The van der Waals surface area contributed by atoms with Gasteiger partial charge in [0.2, 0.25) is 0 Å². The Labute approximate surface area is 106 Å². The molecule has 18 heavy (non-hydrogen) atoms. The lowest BCUT2D eigenvalue weighted by Crippen LogP contribution is -2.28. The fraction of sp³-hybridized carbons (Fsp3) is 0.462. The Kier molecular flexibility index (Phi) is 2.54. The third kappa shape index (κ3) is 1.75. The molecule has 2 aromatic rings. The average Bonchev–Trinajstić information content (AvgIpc) is 2.98. The van der Waals surface area contributed by atoms with Crippen molar-refractivity contribution in [3.63, 3.8) is 0 Å². The van der Waals surface area contributed by atoms with Crippen LogP contribution >= 0.6 is 0 Å². The number of aromatic nitrogens is 4. The van der Waals surface area contributed by atoms with Crippen molar-refractivity contribution in [1.82, 2.24) is 20.2 Å². The minimum Gasteiger partial charge on any atom is -0.399 e. The van der Waals surface area contributed by atoms with Gasteiger partial charge in [-0.05, 0) is 42.3 Å². The SMILES string of the molecule is CC1(n2nnnc2-c2cccc(N)c2)CCCC1. The maximum Gasteiger partial charge on any atom is 0.182 e. The van der Waals surface area contributed by atoms with Gasteiger partial charge in [0.05, 0.1) is 5.54 Å². The maximum atomic E-state index is 5.82. The molecular formula is C13H17N5. The number of anilines is 1. The van der Waals surface area contributed by atoms with Gasteiger partial charge in [-0.15, -0.1) is 5.10 Å². The second-order valence-corrected chi connectivity index (χ2v) is 5.24. The molecule has 5 nitrogen and oxygen atoms in total. The Morgan fingerprint density at radius 1 is 1.28 bits per heavy atom.